The Morgan fingerprint density at radius 2 is 2.00 bits per heavy atom. The third-order valence-corrected chi connectivity index (χ3v) is 4.99. The molecule has 1 heterocycles. The van der Waals surface area contributed by atoms with Gasteiger partial charge in [-0.25, -0.2) is 13.4 Å². The minimum absolute atomic E-state index is 0.0338. The average molecular weight is 326 g/mol. The summed E-state index contributed by atoms with van der Waals surface area (Å²) in [6.07, 6.45) is 0.242. The van der Waals surface area contributed by atoms with Crippen LogP contribution in [0.2, 0.25) is 0 Å². The summed E-state index contributed by atoms with van der Waals surface area (Å²) < 4.78 is 26.7. The Labute approximate surface area is 126 Å². The highest BCUT2D eigenvalue weighted by atomic mass is 32.2. The summed E-state index contributed by atoms with van der Waals surface area (Å²) in [5.41, 5.74) is 1.53. The van der Waals surface area contributed by atoms with E-state index in [4.69, 9.17) is 5.11 Å². The summed E-state index contributed by atoms with van der Waals surface area (Å²) in [6, 6.07) is 6.48. The van der Waals surface area contributed by atoms with Gasteiger partial charge in [-0.2, -0.15) is 0 Å². The number of thiazole rings is 1. The molecular weight excluding hydrogens is 312 g/mol. The summed E-state index contributed by atoms with van der Waals surface area (Å²) in [5.74, 6) is -0.912. The van der Waals surface area contributed by atoms with Crippen LogP contribution in [-0.2, 0) is 21.2 Å². The quantitative estimate of drug-likeness (QED) is 0.849. The number of rotatable bonds is 6. The molecule has 0 spiro atoms. The molecule has 2 rings (SSSR count). The monoisotopic (exact) mass is 326 g/mol. The third kappa shape index (κ3) is 4.27. The number of aryl methyl sites for hydroxylation is 2. The van der Waals surface area contributed by atoms with Crippen LogP contribution in [0.4, 0.5) is 5.13 Å². The molecule has 2 N–H and O–H groups in total. The van der Waals surface area contributed by atoms with E-state index in [-0.39, 0.29) is 22.9 Å². The van der Waals surface area contributed by atoms with Crippen molar-refractivity contribution in [2.45, 2.75) is 24.7 Å². The summed E-state index contributed by atoms with van der Waals surface area (Å²) in [7, 11) is -3.67. The molecule has 0 saturated carbocycles. The van der Waals surface area contributed by atoms with Gasteiger partial charge >= 0.3 is 5.97 Å². The molecule has 0 aliphatic carbocycles. The topological polar surface area (TPSA) is 96.4 Å². The first-order valence-electron chi connectivity index (χ1n) is 6.12. The van der Waals surface area contributed by atoms with Crippen molar-refractivity contribution in [1.29, 1.82) is 0 Å². The van der Waals surface area contributed by atoms with Crippen molar-refractivity contribution >= 4 is 32.5 Å². The fourth-order valence-corrected chi connectivity index (χ4v) is 3.59. The number of carboxylic acids is 1. The first-order chi connectivity index (χ1) is 9.87. The molecule has 0 fully saturated rings. The summed E-state index contributed by atoms with van der Waals surface area (Å²) in [4.78, 5) is 14.7. The van der Waals surface area contributed by atoms with Crippen LogP contribution in [0.15, 0.2) is 34.5 Å². The number of nitrogens with zero attached hydrogens (tertiary/aromatic N) is 1. The number of sulfonamides is 1. The molecule has 0 amide bonds. The van der Waals surface area contributed by atoms with E-state index in [2.05, 4.69) is 9.71 Å². The van der Waals surface area contributed by atoms with Crippen molar-refractivity contribution in [3.05, 3.63) is 40.9 Å². The molecule has 6 nitrogen and oxygen atoms in total. The Morgan fingerprint density at radius 3 is 2.62 bits per heavy atom. The number of aromatic nitrogens is 1. The van der Waals surface area contributed by atoms with Crippen LogP contribution < -0.4 is 4.72 Å². The predicted molar refractivity (Wildman–Crippen MR) is 80.1 cm³/mol. The molecule has 0 aliphatic heterocycles. The highest BCUT2D eigenvalue weighted by Gasteiger charge is 2.16. The van der Waals surface area contributed by atoms with Gasteiger partial charge in [-0.3, -0.25) is 9.52 Å². The van der Waals surface area contributed by atoms with E-state index in [1.54, 1.807) is 17.5 Å². The molecule has 1 aromatic carbocycles. The standard InChI is InChI=1S/C13H14N2O4S2/c1-9-2-5-11(6-3-9)21(18,19)15-13-14-10(8-20-13)4-7-12(16)17/h2-3,5-6,8H,4,7H2,1H3,(H,14,15)(H,16,17). The summed E-state index contributed by atoms with van der Waals surface area (Å²) in [6.45, 7) is 1.87. The number of nitrogens with one attached hydrogen (secondary N) is 1. The van der Waals surface area contributed by atoms with Gasteiger partial charge in [0, 0.05) is 11.8 Å². The molecule has 1 aromatic heterocycles. The van der Waals surface area contributed by atoms with Gasteiger partial charge in [0.1, 0.15) is 0 Å². The van der Waals surface area contributed by atoms with Crippen LogP contribution in [-0.4, -0.2) is 24.5 Å². The number of anilines is 1. The second-order valence-electron chi connectivity index (χ2n) is 4.46. The Hall–Kier alpha value is -1.93. The number of carboxylic acid groups (broad SMARTS) is 1. The van der Waals surface area contributed by atoms with Gasteiger partial charge in [0.2, 0.25) is 0 Å². The number of benzene rings is 1. The van der Waals surface area contributed by atoms with Crippen LogP contribution in [0.3, 0.4) is 0 Å². The lowest BCUT2D eigenvalue weighted by atomic mass is 10.2. The Morgan fingerprint density at radius 1 is 1.33 bits per heavy atom. The van der Waals surface area contributed by atoms with Crippen LogP contribution >= 0.6 is 11.3 Å². The van der Waals surface area contributed by atoms with E-state index in [1.807, 2.05) is 6.92 Å². The van der Waals surface area contributed by atoms with Gasteiger partial charge in [0.05, 0.1) is 17.0 Å². The number of carbonyl (C=O) groups is 1. The molecule has 0 bridgehead atoms. The van der Waals surface area contributed by atoms with Crippen molar-refractivity contribution in [1.82, 2.24) is 4.98 Å². The van der Waals surface area contributed by atoms with E-state index >= 15 is 0 Å². The van der Waals surface area contributed by atoms with E-state index in [0.717, 1.165) is 16.9 Å². The van der Waals surface area contributed by atoms with E-state index in [9.17, 15) is 13.2 Å². The Balaban J connectivity index is 2.10. The van der Waals surface area contributed by atoms with Crippen molar-refractivity contribution in [3.8, 4) is 0 Å². The molecule has 21 heavy (non-hydrogen) atoms. The van der Waals surface area contributed by atoms with Gasteiger partial charge in [-0.05, 0) is 19.1 Å². The maximum atomic E-state index is 12.1. The van der Waals surface area contributed by atoms with E-state index in [0.29, 0.717) is 5.69 Å². The van der Waals surface area contributed by atoms with Gasteiger partial charge in [0.15, 0.2) is 5.13 Å². The van der Waals surface area contributed by atoms with Crippen molar-refractivity contribution in [3.63, 3.8) is 0 Å². The van der Waals surface area contributed by atoms with Gasteiger partial charge in [-0.1, -0.05) is 17.7 Å². The first kappa shape index (κ1) is 15.5. The second kappa shape index (κ2) is 6.23. The van der Waals surface area contributed by atoms with Crippen LogP contribution in [0.25, 0.3) is 0 Å². The lowest BCUT2D eigenvalue weighted by Gasteiger charge is -2.05. The normalized spacial score (nSPS) is 11.3. The SMILES string of the molecule is Cc1ccc(S(=O)(=O)Nc2nc(CCC(=O)O)cs2)cc1. The van der Waals surface area contributed by atoms with Crippen LogP contribution in [0.5, 0.6) is 0 Å². The minimum atomic E-state index is -3.67. The number of hydrogen-bond acceptors (Lipinski definition) is 5. The van der Waals surface area contributed by atoms with Crippen LogP contribution in [0.1, 0.15) is 17.7 Å². The molecule has 0 aliphatic rings. The maximum absolute atomic E-state index is 12.1. The minimum Gasteiger partial charge on any atom is -0.481 e. The van der Waals surface area contributed by atoms with Crippen molar-refractivity contribution < 1.29 is 18.3 Å². The fourth-order valence-electron chi connectivity index (χ4n) is 1.59. The van der Waals surface area contributed by atoms with Gasteiger partial charge in [0.25, 0.3) is 10.0 Å². The highest BCUT2D eigenvalue weighted by Crippen LogP contribution is 2.21. The Bertz CT molecular complexity index is 736. The fraction of sp³-hybridized carbons (Fsp3) is 0.231. The molecule has 0 saturated heterocycles. The molecular formula is C13H14N2O4S2. The highest BCUT2D eigenvalue weighted by molar-refractivity contribution is 7.93. The van der Waals surface area contributed by atoms with Crippen molar-refractivity contribution in [2.24, 2.45) is 0 Å². The van der Waals surface area contributed by atoms with Crippen molar-refractivity contribution in [2.75, 3.05) is 4.72 Å². The first-order valence-corrected chi connectivity index (χ1v) is 8.49. The largest absolute Gasteiger partial charge is 0.481 e. The van der Waals surface area contributed by atoms with Gasteiger partial charge < -0.3 is 5.11 Å². The summed E-state index contributed by atoms with van der Waals surface area (Å²) in [5, 5.41) is 10.5. The molecule has 0 radical (unpaired) electrons. The maximum Gasteiger partial charge on any atom is 0.303 e. The lowest BCUT2D eigenvalue weighted by molar-refractivity contribution is -0.136. The van der Waals surface area contributed by atoms with E-state index in [1.165, 1.54) is 12.1 Å². The van der Waals surface area contributed by atoms with E-state index < -0.39 is 16.0 Å². The lowest BCUT2D eigenvalue weighted by Crippen LogP contribution is -2.12. The molecule has 0 atom stereocenters. The zero-order chi connectivity index (χ0) is 15.5. The summed E-state index contributed by atoms with van der Waals surface area (Å²) >= 11 is 1.13. The number of hydrogen-bond donors (Lipinski definition) is 2. The average Bonchev–Trinajstić information content (AvgIpc) is 2.84. The molecule has 0 unspecified atom stereocenters. The molecule has 2 aromatic rings. The zero-order valence-corrected chi connectivity index (χ0v) is 12.9. The van der Waals surface area contributed by atoms with Crippen LogP contribution in [0, 0.1) is 6.92 Å². The predicted octanol–water partition coefficient (Wildman–Crippen LogP) is 2.27. The smallest absolute Gasteiger partial charge is 0.303 e. The third-order valence-electron chi connectivity index (χ3n) is 2.70. The number of aliphatic carboxylic acids is 1. The molecule has 8 heteroatoms. The zero-order valence-electron chi connectivity index (χ0n) is 11.2. The Kier molecular flexibility index (Phi) is 4.59. The second-order valence-corrected chi connectivity index (χ2v) is 7.00. The molecule has 112 valence electrons. The van der Waals surface area contributed by atoms with Gasteiger partial charge in [-0.15, -0.1) is 11.3 Å².